The van der Waals surface area contributed by atoms with Crippen molar-refractivity contribution in [1.29, 1.82) is 0 Å². The van der Waals surface area contributed by atoms with Crippen LogP contribution < -0.4 is 16.4 Å². The molecule has 352 valence electrons. The predicted octanol–water partition coefficient (Wildman–Crippen LogP) is 13.3. The van der Waals surface area contributed by atoms with E-state index < -0.39 is 32.5 Å². The first-order valence-electron chi connectivity index (χ1n) is 23.8. The molecule has 1 aliphatic rings. The largest absolute Gasteiger partial charge is 0.498 e. The van der Waals surface area contributed by atoms with Gasteiger partial charge < -0.3 is 25.8 Å². The minimum atomic E-state index is -0.903. The molecule has 1 fully saturated rings. The number of benzene rings is 1. The van der Waals surface area contributed by atoms with E-state index in [1.807, 2.05) is 0 Å². The molecule has 1 aromatic rings. The van der Waals surface area contributed by atoms with Crippen LogP contribution in [0.15, 0.2) is 48.8 Å². The van der Waals surface area contributed by atoms with Crippen molar-refractivity contribution in [3.8, 4) is 0 Å². The Balaban J connectivity index is 2.71. The minimum absolute atomic E-state index is 0.0695. The van der Waals surface area contributed by atoms with Gasteiger partial charge in [-0.3, -0.25) is 4.79 Å². The second-order valence-electron chi connectivity index (χ2n) is 24.0. The lowest BCUT2D eigenvalue weighted by Gasteiger charge is -2.68. The zero-order chi connectivity index (χ0) is 47.1. The van der Waals surface area contributed by atoms with Crippen LogP contribution in [0.4, 0.5) is 0 Å². The Hall–Kier alpha value is -1.80. The van der Waals surface area contributed by atoms with Crippen LogP contribution in [0.1, 0.15) is 187 Å². The first-order valence-corrected chi connectivity index (χ1v) is 24.4. The van der Waals surface area contributed by atoms with Crippen LogP contribution in [0.5, 0.6) is 0 Å². The molecule has 0 spiro atoms. The van der Waals surface area contributed by atoms with Crippen molar-refractivity contribution < 1.29 is 14.3 Å². The lowest BCUT2D eigenvalue weighted by Crippen LogP contribution is -2.66. The summed E-state index contributed by atoms with van der Waals surface area (Å²) in [5, 5.41) is 7.31. The van der Waals surface area contributed by atoms with Crippen molar-refractivity contribution >= 4 is 18.6 Å². The fourth-order valence-corrected chi connectivity index (χ4v) is 11.7. The number of esters is 1. The van der Waals surface area contributed by atoms with Crippen molar-refractivity contribution in [3.63, 3.8) is 0 Å². The fourth-order valence-electron chi connectivity index (χ4n) is 11.4. The molecule has 6 nitrogen and oxygen atoms in total. The van der Waals surface area contributed by atoms with Gasteiger partial charge in [-0.05, 0) is 120 Å². The number of carbonyl (C=O) groups excluding carboxylic acids is 1. The number of nitrogens with two attached hydrogens (primary N) is 1. The Morgan fingerprint density at radius 2 is 1.38 bits per heavy atom. The summed E-state index contributed by atoms with van der Waals surface area (Å²) < 4.78 is 13.3. The van der Waals surface area contributed by atoms with Gasteiger partial charge in [0.25, 0.3) is 0 Å². The average Bonchev–Trinajstić information content (AvgIpc) is 3.15. The molecule has 61 heavy (non-hydrogen) atoms. The van der Waals surface area contributed by atoms with Crippen LogP contribution in [0.2, 0.25) is 0 Å². The highest BCUT2D eigenvalue weighted by molar-refractivity contribution is 7.79. The molecular formula is C54H97N3O3S. The summed E-state index contributed by atoms with van der Waals surface area (Å²) in [4.78, 5) is 15.1. The van der Waals surface area contributed by atoms with E-state index in [-0.39, 0.29) is 28.3 Å². The maximum absolute atomic E-state index is 15.1. The molecule has 0 amide bonds. The minimum Gasteiger partial charge on any atom is -0.498 e. The molecule has 0 saturated heterocycles. The van der Waals surface area contributed by atoms with E-state index in [0.717, 1.165) is 70.3 Å². The highest BCUT2D eigenvalue weighted by atomic mass is 32.1. The van der Waals surface area contributed by atoms with Crippen molar-refractivity contribution in [2.75, 3.05) is 39.4 Å². The zero-order valence-electron chi connectivity index (χ0n) is 43.0. The maximum Gasteiger partial charge on any atom is 0.312 e. The number of allylic oxidation sites excluding steroid dienone is 1. The van der Waals surface area contributed by atoms with E-state index in [1.54, 1.807) is 0 Å². The standard InChI is InChI=1S/C54H97N3O3S/c1-21-54(35-39(2)34-40(3)36-54)57-30-23-33-60-45(58)53(20,47(8,9)10)51(17,18)50(15,16)52(19,41(4)59-32-22-29-56-31-28-55)49(13,14)48(11,12)44(37-46(5,6)7)43-26-24-42(38-61)25-27-43/h24-27,40,44,56-57,61H,2,4,21-23,28-38,55H2,1,3,5-20H3. The average molecular weight is 868 g/mol. The SMILES string of the molecule is C=C1CC(C)CC(CC)(NCCCOC(=O)C(C)(C(C)(C)C)C(C)(C)C(C)(C)C(C)(C(=C)OCCCNCCN)C(C)(C)C(C)(C)C(CC(C)(C)C)c2ccc(CS)cc2)C1. The van der Waals surface area contributed by atoms with Crippen molar-refractivity contribution in [3.05, 3.63) is 59.9 Å². The normalized spacial score (nSPS) is 21.0. The summed E-state index contributed by atoms with van der Waals surface area (Å²) in [6, 6.07) is 9.12. The topological polar surface area (TPSA) is 85.6 Å². The summed E-state index contributed by atoms with van der Waals surface area (Å²) in [5.74, 6) is 2.16. The molecule has 0 bridgehead atoms. The Morgan fingerprint density at radius 3 is 1.87 bits per heavy atom. The van der Waals surface area contributed by atoms with E-state index in [9.17, 15) is 0 Å². The van der Waals surface area contributed by atoms with Crippen LogP contribution in [0, 0.1) is 49.2 Å². The van der Waals surface area contributed by atoms with E-state index in [0.29, 0.717) is 31.4 Å². The van der Waals surface area contributed by atoms with Crippen molar-refractivity contribution in [1.82, 2.24) is 10.6 Å². The van der Waals surface area contributed by atoms with E-state index in [1.165, 1.54) is 16.7 Å². The summed E-state index contributed by atoms with van der Waals surface area (Å²) in [5.41, 5.74) is 5.85. The van der Waals surface area contributed by atoms with Gasteiger partial charge in [-0.25, -0.2) is 0 Å². The maximum atomic E-state index is 15.1. The number of nitrogens with one attached hydrogen (secondary N) is 2. The van der Waals surface area contributed by atoms with Crippen LogP contribution in [0.3, 0.4) is 0 Å². The van der Waals surface area contributed by atoms with Crippen molar-refractivity contribution in [2.45, 2.75) is 187 Å². The molecule has 4 N–H and O–H groups in total. The molecular weight excluding hydrogens is 771 g/mol. The molecule has 0 aliphatic heterocycles. The van der Waals surface area contributed by atoms with Crippen LogP contribution in [0.25, 0.3) is 0 Å². The highest BCUT2D eigenvalue weighted by Gasteiger charge is 2.70. The fraction of sp³-hybridized carbons (Fsp3) is 0.796. The lowest BCUT2D eigenvalue weighted by atomic mass is 9.35. The highest BCUT2D eigenvalue weighted by Crippen LogP contribution is 2.73. The molecule has 2 rings (SSSR count). The Labute approximate surface area is 383 Å². The number of rotatable bonds is 24. The van der Waals surface area contributed by atoms with Crippen LogP contribution >= 0.6 is 12.6 Å². The van der Waals surface area contributed by atoms with Gasteiger partial charge in [-0.15, -0.1) is 0 Å². The Morgan fingerprint density at radius 1 is 0.836 bits per heavy atom. The number of hydrogen-bond acceptors (Lipinski definition) is 7. The van der Waals surface area contributed by atoms with Gasteiger partial charge in [0.1, 0.15) is 0 Å². The number of thiol groups is 1. The van der Waals surface area contributed by atoms with Gasteiger partial charge in [0.05, 0.1) is 24.4 Å². The van der Waals surface area contributed by atoms with E-state index in [4.69, 9.17) is 21.8 Å². The first-order chi connectivity index (χ1) is 27.8. The molecule has 1 aliphatic carbocycles. The second kappa shape index (κ2) is 21.0. The Kier molecular flexibility index (Phi) is 19.1. The predicted molar refractivity (Wildman–Crippen MR) is 267 cm³/mol. The van der Waals surface area contributed by atoms with Crippen LogP contribution in [-0.4, -0.2) is 50.9 Å². The number of hydrogen-bond donors (Lipinski definition) is 4. The van der Waals surface area contributed by atoms with Gasteiger partial charge in [0.2, 0.25) is 0 Å². The summed E-state index contributed by atoms with van der Waals surface area (Å²) in [7, 11) is 0. The molecule has 0 radical (unpaired) electrons. The molecule has 7 heteroatoms. The third-order valence-electron chi connectivity index (χ3n) is 17.4. The van der Waals surface area contributed by atoms with E-state index in [2.05, 4.69) is 179 Å². The van der Waals surface area contributed by atoms with E-state index >= 15 is 4.79 Å². The monoisotopic (exact) mass is 868 g/mol. The third kappa shape index (κ3) is 11.7. The molecule has 1 saturated carbocycles. The molecule has 0 heterocycles. The molecule has 5 atom stereocenters. The van der Waals surface area contributed by atoms with Gasteiger partial charge >= 0.3 is 5.97 Å². The number of carbonyl (C=O) groups is 1. The summed E-state index contributed by atoms with van der Waals surface area (Å²) in [6.45, 7) is 55.1. The van der Waals surface area contributed by atoms with Gasteiger partial charge in [-0.2, -0.15) is 12.6 Å². The van der Waals surface area contributed by atoms with Crippen LogP contribution in [-0.2, 0) is 20.0 Å². The molecule has 5 unspecified atom stereocenters. The smallest absolute Gasteiger partial charge is 0.312 e. The summed E-state index contributed by atoms with van der Waals surface area (Å²) in [6.07, 6.45) is 6.93. The van der Waals surface area contributed by atoms with Gasteiger partial charge in [0, 0.05) is 29.8 Å². The Bertz CT molecular complexity index is 1580. The van der Waals surface area contributed by atoms with Crippen molar-refractivity contribution in [2.24, 2.45) is 55.0 Å². The first kappa shape index (κ1) is 55.3. The molecule has 0 aromatic heterocycles. The van der Waals surface area contributed by atoms with Gasteiger partial charge in [0.15, 0.2) is 0 Å². The number of ether oxygens (including phenoxy) is 2. The zero-order valence-corrected chi connectivity index (χ0v) is 43.9. The quantitative estimate of drug-likeness (QED) is 0.0272. The second-order valence-corrected chi connectivity index (χ2v) is 24.3. The molecule has 1 aromatic carbocycles. The lowest BCUT2D eigenvalue weighted by molar-refractivity contribution is -0.220. The summed E-state index contributed by atoms with van der Waals surface area (Å²) >= 11 is 4.58. The van der Waals surface area contributed by atoms with Gasteiger partial charge in [-0.1, -0.05) is 161 Å². The third-order valence-corrected chi connectivity index (χ3v) is 17.8.